The summed E-state index contributed by atoms with van der Waals surface area (Å²) in [7, 11) is 0. The van der Waals surface area contributed by atoms with Crippen LogP contribution in [0.15, 0.2) is 12.7 Å². The highest BCUT2D eigenvalue weighted by Gasteiger charge is 2.19. The van der Waals surface area contributed by atoms with Gasteiger partial charge in [-0.25, -0.2) is 0 Å². The third-order valence-electron chi connectivity index (χ3n) is 2.50. The largest absolute Gasteiger partial charge is 0.316 e. The van der Waals surface area contributed by atoms with Crippen molar-refractivity contribution < 1.29 is 0 Å². The van der Waals surface area contributed by atoms with E-state index in [4.69, 9.17) is 0 Å². The minimum Gasteiger partial charge on any atom is -0.316 e. The molecule has 1 fully saturated rings. The molecule has 0 amide bonds. The predicted octanol–water partition coefficient (Wildman–Crippen LogP) is 1.81. The fraction of sp³-hybridized carbons (Fsp3) is 0.778. The quantitative estimate of drug-likeness (QED) is 0.575. The average molecular weight is 139 g/mol. The Balaban J connectivity index is 2.41. The molecule has 0 aliphatic carbocycles. The van der Waals surface area contributed by atoms with Crippen LogP contribution in [-0.2, 0) is 0 Å². The lowest BCUT2D eigenvalue weighted by Gasteiger charge is -2.28. The van der Waals surface area contributed by atoms with Gasteiger partial charge in [-0.3, -0.25) is 0 Å². The normalized spacial score (nSPS) is 33.7. The highest BCUT2D eigenvalue weighted by molar-refractivity contribution is 4.88. The van der Waals surface area contributed by atoms with Crippen LogP contribution in [0, 0.1) is 11.8 Å². The van der Waals surface area contributed by atoms with E-state index in [2.05, 4.69) is 24.9 Å². The van der Waals surface area contributed by atoms with Crippen molar-refractivity contribution in [3.63, 3.8) is 0 Å². The summed E-state index contributed by atoms with van der Waals surface area (Å²) in [5, 5.41) is 3.38. The van der Waals surface area contributed by atoms with Crippen molar-refractivity contribution in [2.24, 2.45) is 11.8 Å². The Labute approximate surface area is 63.5 Å². The van der Waals surface area contributed by atoms with Crippen molar-refractivity contribution in [2.75, 3.05) is 13.1 Å². The molecule has 1 aliphatic rings. The highest BCUT2D eigenvalue weighted by atomic mass is 14.9. The maximum atomic E-state index is 3.84. The van der Waals surface area contributed by atoms with Crippen molar-refractivity contribution >= 4 is 0 Å². The topological polar surface area (TPSA) is 12.0 Å². The highest BCUT2D eigenvalue weighted by Crippen LogP contribution is 2.22. The lowest BCUT2D eigenvalue weighted by Crippen LogP contribution is -2.35. The Hall–Kier alpha value is -0.300. The van der Waals surface area contributed by atoms with E-state index < -0.39 is 0 Å². The molecule has 0 saturated carbocycles. The summed E-state index contributed by atoms with van der Waals surface area (Å²) in [5.41, 5.74) is 0. The number of hydrogen-bond acceptors (Lipinski definition) is 1. The summed E-state index contributed by atoms with van der Waals surface area (Å²) in [6, 6.07) is 0. The van der Waals surface area contributed by atoms with Gasteiger partial charge in [-0.05, 0) is 24.8 Å². The monoisotopic (exact) mass is 139 g/mol. The minimum atomic E-state index is 0.721. The molecule has 58 valence electrons. The zero-order valence-corrected chi connectivity index (χ0v) is 6.77. The summed E-state index contributed by atoms with van der Waals surface area (Å²) in [6.45, 7) is 8.45. The molecule has 1 heterocycles. The van der Waals surface area contributed by atoms with Gasteiger partial charge in [0.2, 0.25) is 0 Å². The Morgan fingerprint density at radius 3 is 3.00 bits per heavy atom. The van der Waals surface area contributed by atoms with Crippen LogP contribution in [0.3, 0.4) is 0 Å². The molecule has 1 aliphatic heterocycles. The van der Waals surface area contributed by atoms with Gasteiger partial charge in [-0.1, -0.05) is 19.4 Å². The lowest BCUT2D eigenvalue weighted by atomic mass is 9.85. The van der Waals surface area contributed by atoms with Crippen LogP contribution in [0.25, 0.3) is 0 Å². The van der Waals surface area contributed by atoms with Crippen molar-refractivity contribution in [3.8, 4) is 0 Å². The standard InChI is InChI=1S/C9H17N/c1-3-8-5-6-10-7-9(8)4-2/h4,8-10H,2-3,5-7H2,1H3. The molecule has 0 aromatic carbocycles. The van der Waals surface area contributed by atoms with Gasteiger partial charge in [0.1, 0.15) is 0 Å². The summed E-state index contributed by atoms with van der Waals surface area (Å²) in [6.07, 6.45) is 4.73. The van der Waals surface area contributed by atoms with Crippen molar-refractivity contribution in [1.29, 1.82) is 0 Å². The number of nitrogens with one attached hydrogen (secondary N) is 1. The summed E-state index contributed by atoms with van der Waals surface area (Å²) in [5.74, 6) is 1.61. The molecule has 1 N–H and O–H groups in total. The molecule has 1 rings (SSSR count). The lowest BCUT2D eigenvalue weighted by molar-refractivity contribution is 0.294. The Morgan fingerprint density at radius 2 is 2.50 bits per heavy atom. The molecule has 10 heavy (non-hydrogen) atoms. The number of rotatable bonds is 2. The molecule has 0 aromatic rings. The van der Waals surface area contributed by atoms with Crippen molar-refractivity contribution in [3.05, 3.63) is 12.7 Å². The fourth-order valence-corrected chi connectivity index (χ4v) is 1.72. The summed E-state index contributed by atoms with van der Waals surface area (Å²) >= 11 is 0. The molecule has 0 radical (unpaired) electrons. The number of hydrogen-bond donors (Lipinski definition) is 1. The van der Waals surface area contributed by atoms with Crippen LogP contribution in [0.5, 0.6) is 0 Å². The summed E-state index contributed by atoms with van der Waals surface area (Å²) in [4.78, 5) is 0. The van der Waals surface area contributed by atoms with Gasteiger partial charge in [-0.15, -0.1) is 6.58 Å². The van der Waals surface area contributed by atoms with E-state index in [1.54, 1.807) is 0 Å². The smallest absolute Gasteiger partial charge is 0.00167 e. The van der Waals surface area contributed by atoms with E-state index in [1.165, 1.54) is 19.4 Å². The van der Waals surface area contributed by atoms with Crippen molar-refractivity contribution in [2.45, 2.75) is 19.8 Å². The first-order valence-corrected chi connectivity index (χ1v) is 4.21. The van der Waals surface area contributed by atoms with E-state index >= 15 is 0 Å². The molecule has 2 atom stereocenters. The second-order valence-corrected chi connectivity index (χ2v) is 3.06. The molecule has 0 aromatic heterocycles. The minimum absolute atomic E-state index is 0.721. The molecule has 1 saturated heterocycles. The van der Waals surface area contributed by atoms with Crippen LogP contribution < -0.4 is 5.32 Å². The van der Waals surface area contributed by atoms with Crippen LogP contribution in [-0.4, -0.2) is 13.1 Å². The van der Waals surface area contributed by atoms with Crippen molar-refractivity contribution in [1.82, 2.24) is 5.32 Å². The van der Waals surface area contributed by atoms with Gasteiger partial charge < -0.3 is 5.32 Å². The molecular weight excluding hydrogens is 122 g/mol. The molecular formula is C9H17N. The molecule has 2 unspecified atom stereocenters. The van der Waals surface area contributed by atoms with Gasteiger partial charge in [0.15, 0.2) is 0 Å². The average Bonchev–Trinajstić information content (AvgIpc) is 2.04. The first-order valence-electron chi connectivity index (χ1n) is 4.21. The summed E-state index contributed by atoms with van der Waals surface area (Å²) < 4.78 is 0. The SMILES string of the molecule is C=CC1CNCCC1CC. The first kappa shape index (κ1) is 7.80. The van der Waals surface area contributed by atoms with E-state index in [9.17, 15) is 0 Å². The van der Waals surface area contributed by atoms with Gasteiger partial charge >= 0.3 is 0 Å². The second kappa shape index (κ2) is 3.77. The van der Waals surface area contributed by atoms with Gasteiger partial charge in [-0.2, -0.15) is 0 Å². The molecule has 1 nitrogen and oxygen atoms in total. The van der Waals surface area contributed by atoms with E-state index in [0.717, 1.165) is 18.4 Å². The van der Waals surface area contributed by atoms with E-state index in [1.807, 2.05) is 0 Å². The molecule has 0 bridgehead atoms. The van der Waals surface area contributed by atoms with Gasteiger partial charge in [0, 0.05) is 6.54 Å². The van der Waals surface area contributed by atoms with Crippen LogP contribution in [0.4, 0.5) is 0 Å². The Morgan fingerprint density at radius 1 is 1.70 bits per heavy atom. The molecule has 1 heteroatoms. The Bertz CT molecular complexity index is 109. The third-order valence-corrected chi connectivity index (χ3v) is 2.50. The zero-order valence-electron chi connectivity index (χ0n) is 6.77. The number of piperidine rings is 1. The Kier molecular flexibility index (Phi) is 2.94. The van der Waals surface area contributed by atoms with E-state index in [0.29, 0.717) is 0 Å². The van der Waals surface area contributed by atoms with Gasteiger partial charge in [0.05, 0.1) is 0 Å². The third kappa shape index (κ3) is 1.60. The molecule has 0 spiro atoms. The van der Waals surface area contributed by atoms with E-state index in [-0.39, 0.29) is 0 Å². The predicted molar refractivity (Wildman–Crippen MR) is 45.0 cm³/mol. The maximum Gasteiger partial charge on any atom is 0.00167 e. The van der Waals surface area contributed by atoms with Crippen LogP contribution in [0.2, 0.25) is 0 Å². The van der Waals surface area contributed by atoms with Gasteiger partial charge in [0.25, 0.3) is 0 Å². The first-order chi connectivity index (χ1) is 4.88. The second-order valence-electron chi connectivity index (χ2n) is 3.06. The zero-order chi connectivity index (χ0) is 7.40. The fourth-order valence-electron chi connectivity index (χ4n) is 1.72. The van der Waals surface area contributed by atoms with Crippen LogP contribution in [0.1, 0.15) is 19.8 Å². The maximum absolute atomic E-state index is 3.84. The van der Waals surface area contributed by atoms with Crippen LogP contribution >= 0.6 is 0 Å².